The molecule has 0 unspecified atom stereocenters. The molecule has 0 aliphatic heterocycles. The van der Waals surface area contributed by atoms with Crippen molar-refractivity contribution < 1.29 is 14.4 Å². The summed E-state index contributed by atoms with van der Waals surface area (Å²) in [5, 5.41) is 2.86. The van der Waals surface area contributed by atoms with Crippen LogP contribution in [0.5, 0.6) is 0 Å². The molecule has 0 saturated carbocycles. The first-order valence-corrected chi connectivity index (χ1v) is 6.16. The second kappa shape index (κ2) is 6.12. The molecule has 100 valence electrons. The zero-order valence-corrected chi connectivity index (χ0v) is 11.1. The van der Waals surface area contributed by atoms with Crippen LogP contribution in [0.3, 0.4) is 0 Å². The summed E-state index contributed by atoms with van der Waals surface area (Å²) in [7, 11) is 0. The second-order valence-electron chi connectivity index (χ2n) is 3.99. The van der Waals surface area contributed by atoms with Gasteiger partial charge in [-0.1, -0.05) is 41.9 Å². The van der Waals surface area contributed by atoms with Crippen LogP contribution in [0, 0.1) is 0 Å². The van der Waals surface area contributed by atoms with Crippen molar-refractivity contribution in [1.82, 2.24) is 0 Å². The molecule has 1 N–H and O–H groups in total. The number of nitrogens with one attached hydrogen (secondary N) is 1. The fourth-order valence-electron chi connectivity index (χ4n) is 1.54. The van der Waals surface area contributed by atoms with E-state index in [1.807, 2.05) is 0 Å². The van der Waals surface area contributed by atoms with Gasteiger partial charge in [0.1, 0.15) is 0 Å². The maximum Gasteiger partial charge on any atom is 0.300 e. The number of halogens is 1. The van der Waals surface area contributed by atoms with E-state index in [2.05, 4.69) is 5.32 Å². The Morgan fingerprint density at radius 1 is 0.850 bits per heavy atom. The summed E-state index contributed by atoms with van der Waals surface area (Å²) in [5.41, 5.74) is 0.581. The highest BCUT2D eigenvalue weighted by Gasteiger charge is 2.23. The standard InChI is InChI=1S/C15H10ClNO3/c16-11-6-8-12(9-7-11)17-15(20)14(19)13(18)10-4-2-1-3-5-10/h1-9H,(H,17,20). The number of ketones is 2. The first-order chi connectivity index (χ1) is 9.58. The van der Waals surface area contributed by atoms with Gasteiger partial charge in [0, 0.05) is 16.3 Å². The molecule has 2 aromatic carbocycles. The molecule has 0 aromatic heterocycles. The molecule has 2 aromatic rings. The first-order valence-electron chi connectivity index (χ1n) is 5.78. The average molecular weight is 288 g/mol. The Morgan fingerprint density at radius 2 is 1.45 bits per heavy atom. The van der Waals surface area contributed by atoms with Crippen molar-refractivity contribution in [2.45, 2.75) is 0 Å². The van der Waals surface area contributed by atoms with Crippen LogP contribution < -0.4 is 5.32 Å². The van der Waals surface area contributed by atoms with Crippen LogP contribution >= 0.6 is 11.6 Å². The number of anilines is 1. The zero-order valence-electron chi connectivity index (χ0n) is 10.3. The van der Waals surface area contributed by atoms with E-state index in [4.69, 9.17) is 11.6 Å². The predicted octanol–water partition coefficient (Wildman–Crippen LogP) is 2.73. The summed E-state index contributed by atoms with van der Waals surface area (Å²) in [5.74, 6) is -2.91. The highest BCUT2D eigenvalue weighted by atomic mass is 35.5. The number of Topliss-reactive ketones (excluding diaryl/α,β-unsaturated/α-hetero) is 2. The molecule has 0 bridgehead atoms. The lowest BCUT2D eigenvalue weighted by Crippen LogP contribution is -2.29. The third-order valence-corrected chi connectivity index (χ3v) is 2.80. The van der Waals surface area contributed by atoms with Gasteiger partial charge in [0.25, 0.3) is 11.7 Å². The third-order valence-electron chi connectivity index (χ3n) is 2.55. The first kappa shape index (κ1) is 14.0. The van der Waals surface area contributed by atoms with Crippen LogP contribution in [-0.2, 0) is 9.59 Å². The Balaban J connectivity index is 2.07. The molecule has 0 atom stereocenters. The van der Waals surface area contributed by atoms with Gasteiger partial charge in [-0.05, 0) is 24.3 Å². The Bertz CT molecular complexity index is 651. The van der Waals surface area contributed by atoms with Crippen LogP contribution in [0.1, 0.15) is 10.4 Å². The maximum atomic E-state index is 11.8. The highest BCUT2D eigenvalue weighted by molar-refractivity contribution is 6.68. The molecule has 0 spiro atoms. The van der Waals surface area contributed by atoms with Crippen LogP contribution in [0.4, 0.5) is 5.69 Å². The van der Waals surface area contributed by atoms with E-state index >= 15 is 0 Å². The Kier molecular flexibility index (Phi) is 4.27. The molecule has 1 amide bonds. The molecule has 0 aliphatic rings. The fourth-order valence-corrected chi connectivity index (χ4v) is 1.67. The van der Waals surface area contributed by atoms with E-state index in [1.54, 1.807) is 42.5 Å². The van der Waals surface area contributed by atoms with Gasteiger partial charge >= 0.3 is 0 Å². The lowest BCUT2D eigenvalue weighted by atomic mass is 10.1. The van der Waals surface area contributed by atoms with Gasteiger partial charge in [-0.15, -0.1) is 0 Å². The van der Waals surface area contributed by atoms with Gasteiger partial charge in [0.2, 0.25) is 5.78 Å². The molecular formula is C15H10ClNO3. The van der Waals surface area contributed by atoms with Gasteiger partial charge in [-0.2, -0.15) is 0 Å². The molecule has 20 heavy (non-hydrogen) atoms. The summed E-state index contributed by atoms with van der Waals surface area (Å²) in [6.07, 6.45) is 0. The van der Waals surface area contributed by atoms with E-state index in [9.17, 15) is 14.4 Å². The minimum absolute atomic E-state index is 0.184. The van der Waals surface area contributed by atoms with E-state index in [-0.39, 0.29) is 5.56 Å². The minimum atomic E-state index is -1.11. The normalized spacial score (nSPS) is 9.85. The largest absolute Gasteiger partial charge is 0.319 e. The van der Waals surface area contributed by atoms with Gasteiger partial charge in [-0.3, -0.25) is 14.4 Å². The fraction of sp³-hybridized carbons (Fsp3) is 0. The molecule has 0 aliphatic carbocycles. The number of carbonyl (C=O) groups is 3. The molecular weight excluding hydrogens is 278 g/mol. The molecule has 0 fully saturated rings. The molecule has 4 nitrogen and oxygen atoms in total. The Labute approximate surface area is 120 Å². The SMILES string of the molecule is O=C(Nc1ccc(Cl)cc1)C(=O)C(=O)c1ccccc1. The van der Waals surface area contributed by atoms with Crippen molar-refractivity contribution in [1.29, 1.82) is 0 Å². The number of hydrogen-bond acceptors (Lipinski definition) is 3. The van der Waals surface area contributed by atoms with Crippen LogP contribution in [0.25, 0.3) is 0 Å². The topological polar surface area (TPSA) is 63.2 Å². The summed E-state index contributed by atoms with van der Waals surface area (Å²) in [6.45, 7) is 0. The molecule has 5 heteroatoms. The molecule has 2 rings (SSSR count). The van der Waals surface area contributed by atoms with Gasteiger partial charge in [-0.25, -0.2) is 0 Å². The lowest BCUT2D eigenvalue weighted by molar-refractivity contribution is -0.132. The van der Waals surface area contributed by atoms with Crippen LogP contribution in [0.2, 0.25) is 5.02 Å². The smallest absolute Gasteiger partial charge is 0.300 e. The number of hydrogen-bond donors (Lipinski definition) is 1. The summed E-state index contributed by atoms with van der Waals surface area (Å²) in [4.78, 5) is 35.2. The molecule has 0 saturated heterocycles. The Hall–Kier alpha value is -2.46. The predicted molar refractivity (Wildman–Crippen MR) is 75.9 cm³/mol. The van der Waals surface area contributed by atoms with Crippen LogP contribution in [-0.4, -0.2) is 17.5 Å². The maximum absolute atomic E-state index is 11.8. The van der Waals surface area contributed by atoms with E-state index in [0.717, 1.165) is 0 Å². The van der Waals surface area contributed by atoms with Crippen molar-refractivity contribution in [3.63, 3.8) is 0 Å². The molecule has 0 radical (unpaired) electrons. The number of benzene rings is 2. The van der Waals surface area contributed by atoms with Crippen molar-refractivity contribution in [2.24, 2.45) is 0 Å². The van der Waals surface area contributed by atoms with E-state index in [1.165, 1.54) is 12.1 Å². The minimum Gasteiger partial charge on any atom is -0.319 e. The van der Waals surface area contributed by atoms with Crippen molar-refractivity contribution in [3.05, 3.63) is 65.2 Å². The van der Waals surface area contributed by atoms with Crippen molar-refractivity contribution in [3.8, 4) is 0 Å². The van der Waals surface area contributed by atoms with Gasteiger partial charge in [0.05, 0.1) is 0 Å². The van der Waals surface area contributed by atoms with E-state index < -0.39 is 17.5 Å². The van der Waals surface area contributed by atoms with Gasteiger partial charge < -0.3 is 5.32 Å². The van der Waals surface area contributed by atoms with Crippen molar-refractivity contribution in [2.75, 3.05) is 5.32 Å². The highest BCUT2D eigenvalue weighted by Crippen LogP contribution is 2.13. The summed E-state index contributed by atoms with van der Waals surface area (Å²) in [6, 6.07) is 14.2. The second-order valence-corrected chi connectivity index (χ2v) is 4.42. The lowest BCUT2D eigenvalue weighted by Gasteiger charge is -2.04. The summed E-state index contributed by atoms with van der Waals surface area (Å²) >= 11 is 5.71. The average Bonchev–Trinajstić information content (AvgIpc) is 2.49. The van der Waals surface area contributed by atoms with Crippen LogP contribution in [0.15, 0.2) is 54.6 Å². The number of carbonyl (C=O) groups excluding carboxylic acids is 3. The number of rotatable bonds is 4. The van der Waals surface area contributed by atoms with E-state index in [0.29, 0.717) is 10.7 Å². The monoisotopic (exact) mass is 287 g/mol. The Morgan fingerprint density at radius 3 is 2.05 bits per heavy atom. The quantitative estimate of drug-likeness (QED) is 0.534. The summed E-state index contributed by atoms with van der Waals surface area (Å²) < 4.78 is 0. The third kappa shape index (κ3) is 3.30. The van der Waals surface area contributed by atoms with Crippen molar-refractivity contribution >= 4 is 34.8 Å². The van der Waals surface area contributed by atoms with Gasteiger partial charge in [0.15, 0.2) is 0 Å². The number of amides is 1. The zero-order chi connectivity index (χ0) is 14.5. The molecule has 0 heterocycles.